The van der Waals surface area contributed by atoms with E-state index in [-0.39, 0.29) is 253 Å². The van der Waals surface area contributed by atoms with Gasteiger partial charge in [0.25, 0.3) is 0 Å². The van der Waals surface area contributed by atoms with Crippen molar-refractivity contribution in [2.45, 2.75) is 253 Å². The van der Waals surface area contributed by atoms with Crippen molar-refractivity contribution >= 4 is 12.2 Å². The predicted molar refractivity (Wildman–Crippen MR) is 246 cm³/mol. The van der Waals surface area contributed by atoms with Gasteiger partial charge in [0.05, 0.1) is 0 Å². The predicted octanol–water partition coefficient (Wildman–Crippen LogP) is 21.4. The van der Waals surface area contributed by atoms with E-state index >= 15 is 0 Å². The fourth-order valence-corrected chi connectivity index (χ4v) is 0. The molecule has 0 aliphatic carbocycles. The summed E-state index contributed by atoms with van der Waals surface area (Å²) in [6, 6.07) is 0. The molecule has 0 aliphatic rings. The Morgan fingerprint density at radius 2 is 0.175 bits per heavy atom. The van der Waals surface area contributed by atoms with Crippen LogP contribution in [-0.2, 0) is 9.59 Å². The van der Waals surface area contributed by atoms with Crippen LogP contribution in [0.4, 0.5) is 0 Å². The van der Waals surface area contributed by atoms with E-state index in [2.05, 4.69) is 0 Å². The van der Waals surface area contributed by atoms with Crippen LogP contribution in [0.5, 0.6) is 0 Å². The van der Waals surface area contributed by atoms with E-state index in [1.165, 1.54) is 0 Å². The molecule has 0 aliphatic heterocycles. The molecule has 0 bridgehead atoms. The first-order chi connectivity index (χ1) is 2.83. The Morgan fingerprint density at radius 1 is 0.175 bits per heavy atom. The molecule has 0 heterocycles. The zero-order valence-electron chi connectivity index (χ0n) is 2.82. The van der Waals surface area contributed by atoms with Crippen molar-refractivity contribution < 1.29 is 9.59 Å². The lowest BCUT2D eigenvalue weighted by Gasteiger charge is -1.02. The molecule has 304 valence electrons. The quantitative estimate of drug-likeness (QED) is 0.206. The van der Waals surface area contributed by atoms with Gasteiger partial charge in [-0.2, -0.15) is 0 Å². The van der Waals surface area contributed by atoms with E-state index in [0.717, 1.165) is 12.2 Å². The SMILES string of the molecule is C.C.C.C.C.C.C.C.C.C.C.C.C.C.C.C.C.C.C.C.C.C.C.C.C.C.C.C.C.C.C.C.C.C.N=C=O.N=C=O. The molecule has 0 radical (unpaired) electrons. The molecule has 0 aromatic carbocycles. The highest BCUT2D eigenvalue weighted by atomic mass is 16.1. The smallest absolute Gasteiger partial charge is 0.222 e. The summed E-state index contributed by atoms with van der Waals surface area (Å²) >= 11 is 0. The van der Waals surface area contributed by atoms with E-state index in [1.54, 1.807) is 0 Å². The van der Waals surface area contributed by atoms with Gasteiger partial charge in [0.2, 0.25) is 12.2 Å². The first-order valence-electron chi connectivity index (χ1n) is 0.908. The molecule has 0 aromatic rings. The third-order valence-corrected chi connectivity index (χ3v) is 0. The molecule has 0 atom stereocenters. The zero-order valence-corrected chi connectivity index (χ0v) is 2.82. The van der Waals surface area contributed by atoms with Gasteiger partial charge in [-0.05, 0) is 0 Å². The van der Waals surface area contributed by atoms with Gasteiger partial charge in [-0.25, -0.2) is 20.4 Å². The molecule has 0 spiro atoms. The lowest BCUT2D eigenvalue weighted by atomic mass is 11.7. The highest BCUT2D eigenvalue weighted by Gasteiger charge is 1.04. The van der Waals surface area contributed by atoms with Crippen molar-refractivity contribution in [2.24, 2.45) is 0 Å². The lowest BCUT2D eigenvalue weighted by molar-refractivity contribution is 0.562. The van der Waals surface area contributed by atoms with Gasteiger partial charge in [0.1, 0.15) is 0 Å². The topological polar surface area (TPSA) is 81.8 Å². The summed E-state index contributed by atoms with van der Waals surface area (Å²) in [4.78, 5) is 16.7. The number of carbonyl (C=O) groups excluding carboxylic acids is 2. The van der Waals surface area contributed by atoms with Crippen molar-refractivity contribution in [3.05, 3.63) is 0 Å². The minimum absolute atomic E-state index is 0. The fourth-order valence-electron chi connectivity index (χ4n) is 0. The van der Waals surface area contributed by atoms with Gasteiger partial charge >= 0.3 is 0 Å². The van der Waals surface area contributed by atoms with Crippen LogP contribution in [0.3, 0.4) is 0 Å². The highest BCUT2D eigenvalue weighted by molar-refractivity contribution is 5.26. The second-order valence-corrected chi connectivity index (χ2v) is 0.204. The molecule has 0 amide bonds. The summed E-state index contributed by atoms with van der Waals surface area (Å²) in [5, 5.41) is 10.8. The Bertz CT molecular complexity index is 76.8. The van der Waals surface area contributed by atoms with Crippen LogP contribution in [0.2, 0.25) is 0 Å². The second kappa shape index (κ2) is 88300. The Balaban J connectivity index is -0.000000000127. The number of isocyanates is 2. The molecular weight excluding hydrogens is 492 g/mol. The van der Waals surface area contributed by atoms with Crippen LogP contribution >= 0.6 is 0 Å². The van der Waals surface area contributed by atoms with Gasteiger partial charge < -0.3 is 0 Å². The van der Waals surface area contributed by atoms with Crippen molar-refractivity contribution in [1.29, 1.82) is 10.8 Å². The maximum absolute atomic E-state index is 8.35. The average Bonchev–Trinajstić information content (AvgIpc) is 1.39. The van der Waals surface area contributed by atoms with Crippen LogP contribution in [0.25, 0.3) is 0 Å². The van der Waals surface area contributed by atoms with Crippen LogP contribution in [0, 0.1) is 10.8 Å². The average molecular weight is 632 g/mol. The maximum Gasteiger partial charge on any atom is 0.231 e. The van der Waals surface area contributed by atoms with Crippen LogP contribution in [0.15, 0.2) is 0 Å². The van der Waals surface area contributed by atoms with Crippen LogP contribution in [0.1, 0.15) is 253 Å². The van der Waals surface area contributed by atoms with E-state index in [4.69, 9.17) is 20.4 Å². The van der Waals surface area contributed by atoms with Crippen molar-refractivity contribution in [1.82, 2.24) is 0 Å². The molecule has 4 nitrogen and oxygen atoms in total. The molecule has 4 heteroatoms. The fraction of sp³-hybridized carbons (Fsp3) is 0.944. The molecule has 0 rings (SSSR count). The summed E-state index contributed by atoms with van der Waals surface area (Å²) in [6.07, 6.45) is 1.50. The summed E-state index contributed by atoms with van der Waals surface area (Å²) in [6.45, 7) is 0. The Labute approximate surface area is 284 Å². The largest absolute Gasteiger partial charge is 0.231 e. The molecule has 0 aromatic heterocycles. The molecule has 0 unspecified atom stereocenters. The van der Waals surface area contributed by atoms with Crippen LogP contribution < -0.4 is 0 Å². The number of rotatable bonds is 0. The molecule has 0 saturated heterocycles. The van der Waals surface area contributed by atoms with Gasteiger partial charge in [-0.15, -0.1) is 0 Å². The lowest BCUT2D eigenvalue weighted by Crippen LogP contribution is -1.16. The number of nitrogens with one attached hydrogen (secondary N) is 2. The summed E-state index contributed by atoms with van der Waals surface area (Å²) < 4.78 is 0. The summed E-state index contributed by atoms with van der Waals surface area (Å²) in [7, 11) is 0. The van der Waals surface area contributed by atoms with E-state index in [0.29, 0.717) is 0 Å². The molecule has 0 saturated carbocycles. The van der Waals surface area contributed by atoms with E-state index in [9.17, 15) is 0 Å². The summed E-state index contributed by atoms with van der Waals surface area (Å²) in [5.41, 5.74) is 0. The van der Waals surface area contributed by atoms with Crippen molar-refractivity contribution in [3.63, 3.8) is 0 Å². The molecule has 0 fully saturated rings. The minimum atomic E-state index is 0. The molecule has 2 N–H and O–H groups in total. The molecule has 40 heavy (non-hydrogen) atoms. The first-order valence-corrected chi connectivity index (χ1v) is 0.908. The van der Waals surface area contributed by atoms with Gasteiger partial charge in [0, 0.05) is 0 Å². The van der Waals surface area contributed by atoms with Gasteiger partial charge in [-0.1, -0.05) is 253 Å². The Kier molecular flexibility index (Phi) is 16000000. The van der Waals surface area contributed by atoms with E-state index < -0.39 is 0 Å². The summed E-state index contributed by atoms with van der Waals surface area (Å²) in [5.74, 6) is 0. The standard InChI is InChI=1S/2CHNO.34CH4/c2*2-1-3;;;;;;;;;;;;;;;;;;;;;;;;;;;;;;;;;;/h2*2H;34*1H4. The normalized spacial score (nSPS) is 0.400. The minimum Gasteiger partial charge on any atom is -0.222 e. The Morgan fingerprint density at radius 3 is 0.175 bits per heavy atom. The maximum atomic E-state index is 8.35. The Hall–Kier alpha value is -1.24. The van der Waals surface area contributed by atoms with Crippen LogP contribution in [-0.4, -0.2) is 12.2 Å². The highest BCUT2D eigenvalue weighted by Crippen LogP contribution is 0.871. The van der Waals surface area contributed by atoms with E-state index in [1.807, 2.05) is 0 Å². The van der Waals surface area contributed by atoms with Gasteiger partial charge in [-0.3, -0.25) is 0 Å². The van der Waals surface area contributed by atoms with Gasteiger partial charge in [0.15, 0.2) is 0 Å². The third kappa shape index (κ3) is 30600. The first kappa shape index (κ1) is 7250. The van der Waals surface area contributed by atoms with Crippen molar-refractivity contribution in [3.8, 4) is 0 Å². The van der Waals surface area contributed by atoms with Crippen molar-refractivity contribution in [2.75, 3.05) is 0 Å². The molecular formula is C36H138N2O2. The zero-order chi connectivity index (χ0) is 5.41. The number of hydrogen-bond acceptors (Lipinski definition) is 4. The second-order valence-electron chi connectivity index (χ2n) is 0.204. The monoisotopic (exact) mass is 631 g/mol. The third-order valence-electron chi connectivity index (χ3n) is 0. The number of hydrogen-bond donors (Lipinski definition) is 2.